The van der Waals surface area contributed by atoms with Crippen LogP contribution in [-0.4, -0.2) is 63.7 Å². The molecule has 1 aromatic rings. The molecule has 1 atom stereocenters. The molecule has 0 saturated heterocycles. The van der Waals surface area contributed by atoms with Gasteiger partial charge >= 0.3 is 6.09 Å². The molecule has 8 nitrogen and oxygen atoms in total. The van der Waals surface area contributed by atoms with Crippen molar-refractivity contribution in [2.75, 3.05) is 13.3 Å². The summed E-state index contributed by atoms with van der Waals surface area (Å²) < 4.78 is 5.26. The second kappa shape index (κ2) is 8.14. The Balaban J connectivity index is 2.21. The van der Waals surface area contributed by atoms with Gasteiger partial charge in [-0.3, -0.25) is 24.2 Å². The number of carbonyl (C=O) groups excluding carboxylic acids is 4. The molecular formula is C19H23N3O5S. The van der Waals surface area contributed by atoms with Gasteiger partial charge in [-0.15, -0.1) is 0 Å². The van der Waals surface area contributed by atoms with Crippen LogP contribution in [0, 0.1) is 0 Å². The minimum Gasteiger partial charge on any atom is -0.443 e. The highest BCUT2D eigenvalue weighted by Crippen LogP contribution is 2.25. The van der Waals surface area contributed by atoms with E-state index in [9.17, 15) is 19.2 Å². The lowest BCUT2D eigenvalue weighted by Crippen LogP contribution is -2.43. The van der Waals surface area contributed by atoms with Gasteiger partial charge in [0, 0.05) is 7.05 Å². The lowest BCUT2D eigenvalue weighted by Gasteiger charge is -2.25. The number of aliphatic imine (C=N–C) groups is 1. The first-order valence-electron chi connectivity index (χ1n) is 8.58. The summed E-state index contributed by atoms with van der Waals surface area (Å²) in [5.41, 5.74) is -0.189. The Morgan fingerprint density at radius 3 is 2.07 bits per heavy atom. The Bertz CT molecular complexity index is 824. The number of nitrogens with zero attached hydrogens (tertiary/aromatic N) is 3. The van der Waals surface area contributed by atoms with Gasteiger partial charge < -0.3 is 4.74 Å². The average molecular weight is 405 g/mol. The van der Waals surface area contributed by atoms with E-state index >= 15 is 0 Å². The highest BCUT2D eigenvalue weighted by molar-refractivity contribution is 8.13. The highest BCUT2D eigenvalue weighted by Gasteiger charge is 2.40. The molecule has 0 radical (unpaired) electrons. The zero-order chi connectivity index (χ0) is 21.2. The predicted molar refractivity (Wildman–Crippen MR) is 106 cm³/mol. The number of thioether (sulfide) groups is 1. The average Bonchev–Trinajstić information content (AvgIpc) is 2.88. The van der Waals surface area contributed by atoms with Crippen molar-refractivity contribution < 1.29 is 23.9 Å². The van der Waals surface area contributed by atoms with E-state index in [2.05, 4.69) is 4.99 Å². The van der Waals surface area contributed by atoms with E-state index in [1.807, 2.05) is 0 Å². The summed E-state index contributed by atoms with van der Waals surface area (Å²) >= 11 is 1.08. The largest absolute Gasteiger partial charge is 0.443 e. The zero-order valence-corrected chi connectivity index (χ0v) is 17.5. The fourth-order valence-electron chi connectivity index (χ4n) is 2.52. The van der Waals surface area contributed by atoms with Crippen LogP contribution in [0.4, 0.5) is 4.79 Å². The number of hydrogen-bond acceptors (Lipinski definition) is 6. The van der Waals surface area contributed by atoms with Crippen molar-refractivity contribution >= 4 is 40.7 Å². The zero-order valence-electron chi connectivity index (χ0n) is 16.7. The third kappa shape index (κ3) is 4.41. The first-order chi connectivity index (χ1) is 13.0. The van der Waals surface area contributed by atoms with Gasteiger partial charge in [0.15, 0.2) is 5.17 Å². The van der Waals surface area contributed by atoms with E-state index in [1.54, 1.807) is 51.3 Å². The molecule has 1 aromatic carbocycles. The van der Waals surface area contributed by atoms with E-state index in [4.69, 9.17) is 4.74 Å². The first-order valence-corrected chi connectivity index (χ1v) is 9.80. The van der Waals surface area contributed by atoms with Crippen molar-refractivity contribution in [2.45, 2.75) is 39.3 Å². The maximum atomic E-state index is 12.6. The van der Waals surface area contributed by atoms with Crippen LogP contribution in [0.3, 0.4) is 0 Å². The van der Waals surface area contributed by atoms with Crippen molar-refractivity contribution in [3.05, 3.63) is 35.4 Å². The van der Waals surface area contributed by atoms with Crippen molar-refractivity contribution in [2.24, 2.45) is 4.99 Å². The number of carbonyl (C=O) groups is 4. The molecule has 0 fully saturated rings. The molecule has 150 valence electrons. The van der Waals surface area contributed by atoms with Gasteiger partial charge in [0.25, 0.3) is 17.7 Å². The van der Waals surface area contributed by atoms with Crippen molar-refractivity contribution in [3.8, 4) is 0 Å². The molecule has 0 spiro atoms. The molecule has 0 saturated carbocycles. The number of amidine groups is 1. The Labute approximate surface area is 167 Å². The number of imide groups is 1. The minimum atomic E-state index is -1.11. The number of rotatable bonds is 2. The Morgan fingerprint density at radius 2 is 1.64 bits per heavy atom. The summed E-state index contributed by atoms with van der Waals surface area (Å²) in [6, 6.07) is 5.28. The molecule has 1 aliphatic heterocycles. The predicted octanol–water partition coefficient (Wildman–Crippen LogP) is 2.78. The van der Waals surface area contributed by atoms with Crippen molar-refractivity contribution in [1.29, 1.82) is 0 Å². The molecule has 0 bridgehead atoms. The molecule has 4 amide bonds. The monoisotopic (exact) mass is 405 g/mol. The standard InChI is InChI=1S/C19H23N3O5S/c1-11(22-15(24)12-9-7-8-10-13(12)16(22)25)14(23)20-17(28-6)21(5)18(26)27-19(2,3)4/h7-11H,1-6H3/b20-17+. The van der Waals surface area contributed by atoms with Crippen LogP contribution in [0.2, 0.25) is 0 Å². The molecule has 9 heteroatoms. The number of hydrogen-bond donors (Lipinski definition) is 0. The van der Waals surface area contributed by atoms with Crippen LogP contribution in [0.5, 0.6) is 0 Å². The van der Waals surface area contributed by atoms with Crippen LogP contribution in [-0.2, 0) is 9.53 Å². The first kappa shape index (κ1) is 21.6. The highest BCUT2D eigenvalue weighted by atomic mass is 32.2. The van der Waals surface area contributed by atoms with E-state index < -0.39 is 35.5 Å². The Morgan fingerprint density at radius 1 is 1.14 bits per heavy atom. The van der Waals surface area contributed by atoms with Crippen LogP contribution in [0.1, 0.15) is 48.4 Å². The van der Waals surface area contributed by atoms with Gasteiger partial charge in [-0.1, -0.05) is 23.9 Å². The van der Waals surface area contributed by atoms with E-state index in [1.165, 1.54) is 14.0 Å². The maximum Gasteiger partial charge on any atom is 0.416 e. The normalized spacial score (nSPS) is 15.4. The molecule has 1 heterocycles. The van der Waals surface area contributed by atoms with Crippen LogP contribution < -0.4 is 0 Å². The summed E-state index contributed by atoms with van der Waals surface area (Å²) in [6.07, 6.45) is 0.987. The lowest BCUT2D eigenvalue weighted by molar-refractivity contribution is -0.121. The number of benzene rings is 1. The Kier molecular flexibility index (Phi) is 6.28. The topological polar surface area (TPSA) is 96.4 Å². The second-order valence-electron chi connectivity index (χ2n) is 7.18. The molecule has 0 N–H and O–H groups in total. The van der Waals surface area contributed by atoms with Crippen LogP contribution >= 0.6 is 11.8 Å². The van der Waals surface area contributed by atoms with Gasteiger partial charge in [-0.2, -0.15) is 4.99 Å². The summed E-state index contributed by atoms with van der Waals surface area (Å²) in [5, 5.41) is 0.0997. The molecule has 28 heavy (non-hydrogen) atoms. The van der Waals surface area contributed by atoms with Crippen LogP contribution in [0.25, 0.3) is 0 Å². The summed E-state index contributed by atoms with van der Waals surface area (Å²) in [4.78, 5) is 55.8. The summed E-state index contributed by atoms with van der Waals surface area (Å²) in [7, 11) is 1.43. The van der Waals surface area contributed by atoms with E-state index in [0.29, 0.717) is 0 Å². The number of amides is 4. The summed E-state index contributed by atoms with van der Waals surface area (Å²) in [5.74, 6) is -1.79. The van der Waals surface area contributed by atoms with E-state index in [0.717, 1.165) is 21.6 Å². The van der Waals surface area contributed by atoms with Gasteiger partial charge in [-0.05, 0) is 46.1 Å². The lowest BCUT2D eigenvalue weighted by atomic mass is 10.1. The molecule has 2 rings (SSSR count). The summed E-state index contributed by atoms with van der Waals surface area (Å²) in [6.45, 7) is 6.61. The maximum absolute atomic E-state index is 12.6. The Hall–Kier alpha value is -2.68. The quantitative estimate of drug-likeness (QED) is 0.426. The number of ether oxygens (including phenoxy) is 1. The molecule has 1 aliphatic rings. The third-order valence-corrected chi connectivity index (χ3v) is 4.64. The second-order valence-corrected chi connectivity index (χ2v) is 7.95. The van der Waals surface area contributed by atoms with Gasteiger partial charge in [0.2, 0.25) is 0 Å². The van der Waals surface area contributed by atoms with Gasteiger partial charge in [-0.25, -0.2) is 4.79 Å². The fourth-order valence-corrected chi connectivity index (χ4v) is 3.05. The molecular weight excluding hydrogens is 382 g/mol. The molecule has 0 aromatic heterocycles. The SMILES string of the molecule is CS/C(=N/C(=O)C(C)N1C(=O)c2ccccc2C1=O)N(C)C(=O)OC(C)(C)C. The minimum absolute atomic E-state index is 0.0997. The van der Waals surface area contributed by atoms with Gasteiger partial charge in [0.1, 0.15) is 11.6 Å². The van der Waals surface area contributed by atoms with Crippen molar-refractivity contribution in [3.63, 3.8) is 0 Å². The van der Waals surface area contributed by atoms with E-state index in [-0.39, 0.29) is 16.3 Å². The molecule has 0 aliphatic carbocycles. The fraction of sp³-hybridized carbons (Fsp3) is 0.421. The smallest absolute Gasteiger partial charge is 0.416 e. The third-order valence-electron chi connectivity index (χ3n) is 3.91. The number of fused-ring (bicyclic) bond motifs is 1. The molecule has 1 unspecified atom stereocenters. The van der Waals surface area contributed by atoms with Gasteiger partial charge in [0.05, 0.1) is 11.1 Å². The van der Waals surface area contributed by atoms with Crippen LogP contribution in [0.15, 0.2) is 29.3 Å². The van der Waals surface area contributed by atoms with Crippen molar-refractivity contribution in [1.82, 2.24) is 9.80 Å².